The lowest BCUT2D eigenvalue weighted by molar-refractivity contribution is -0.128. The van der Waals surface area contributed by atoms with Gasteiger partial charge in [-0.2, -0.15) is 0 Å². The molecule has 0 amide bonds. The molecule has 0 aromatic heterocycles. The van der Waals surface area contributed by atoms with Gasteiger partial charge in [0.05, 0.1) is 5.02 Å². The largest absolute Gasteiger partial charge is 0.488 e. The normalized spacial score (nSPS) is 9.53. The number of hydrogen-bond acceptors (Lipinski definition) is 4. The molecule has 0 saturated heterocycles. The average Bonchev–Trinajstić information content (AvgIpc) is 2.20. The molecule has 78 valence electrons. The van der Waals surface area contributed by atoms with Crippen LogP contribution < -0.4 is 10.2 Å². The molecule has 0 aliphatic rings. The van der Waals surface area contributed by atoms with Crippen molar-refractivity contribution in [2.24, 2.45) is 0 Å². The number of ether oxygens (including phenoxy) is 1. The van der Waals surface area contributed by atoms with Crippen LogP contribution in [0.2, 0.25) is 5.02 Å². The van der Waals surface area contributed by atoms with E-state index in [0.29, 0.717) is 0 Å². The topological polar surface area (TPSA) is 66.8 Å². The third kappa shape index (κ3) is 3.09. The predicted molar refractivity (Wildman–Crippen MR) is 57.1 cm³/mol. The van der Waals surface area contributed by atoms with Crippen LogP contribution in [0.5, 0.6) is 5.75 Å². The van der Waals surface area contributed by atoms with E-state index >= 15 is 0 Å². The Morgan fingerprint density at radius 2 is 2.20 bits per heavy atom. The van der Waals surface area contributed by atoms with Crippen molar-refractivity contribution in [3.8, 4) is 5.75 Å². The smallest absolute Gasteiger partial charge is 0.423 e. The van der Waals surface area contributed by atoms with Crippen LogP contribution in [0.4, 0.5) is 0 Å². The van der Waals surface area contributed by atoms with E-state index < -0.39 is 13.1 Å². The minimum absolute atomic E-state index is 0.0622. The zero-order valence-corrected chi connectivity index (χ0v) is 8.44. The molecule has 0 atom stereocenters. The minimum Gasteiger partial charge on any atom is -0.423 e. The van der Waals surface area contributed by atoms with Gasteiger partial charge in [0.1, 0.15) is 5.75 Å². The van der Waals surface area contributed by atoms with E-state index in [1.807, 2.05) is 0 Å². The Hall–Kier alpha value is -1.30. The summed E-state index contributed by atoms with van der Waals surface area (Å²) < 4.78 is 4.77. The quantitative estimate of drug-likeness (QED) is 0.332. The second kappa shape index (κ2) is 4.98. The van der Waals surface area contributed by atoms with Crippen LogP contribution >= 0.6 is 11.6 Å². The average molecular weight is 226 g/mol. The number of hydrogen-bond donors (Lipinski definition) is 2. The SMILES string of the molecule is C=CC(=O)Oc1cc(B(O)O)ccc1Cl. The Balaban J connectivity index is 3.00. The van der Waals surface area contributed by atoms with Gasteiger partial charge < -0.3 is 14.8 Å². The van der Waals surface area contributed by atoms with Crippen molar-refractivity contribution in [3.63, 3.8) is 0 Å². The zero-order valence-electron chi connectivity index (χ0n) is 7.68. The Morgan fingerprint density at radius 3 is 2.73 bits per heavy atom. The number of rotatable bonds is 3. The Bertz CT molecular complexity index is 392. The molecule has 1 aromatic carbocycles. The van der Waals surface area contributed by atoms with Gasteiger partial charge in [-0.15, -0.1) is 0 Å². The highest BCUT2D eigenvalue weighted by Gasteiger charge is 2.14. The third-order valence-electron chi connectivity index (χ3n) is 1.63. The molecule has 0 spiro atoms. The van der Waals surface area contributed by atoms with Crippen molar-refractivity contribution in [2.45, 2.75) is 0 Å². The molecule has 0 radical (unpaired) electrons. The maximum absolute atomic E-state index is 10.9. The summed E-state index contributed by atoms with van der Waals surface area (Å²) >= 11 is 5.73. The molecule has 1 rings (SSSR count). The number of benzene rings is 1. The van der Waals surface area contributed by atoms with Gasteiger partial charge in [0, 0.05) is 6.08 Å². The van der Waals surface area contributed by atoms with E-state index in [4.69, 9.17) is 26.4 Å². The van der Waals surface area contributed by atoms with Gasteiger partial charge in [-0.25, -0.2) is 4.79 Å². The highest BCUT2D eigenvalue weighted by atomic mass is 35.5. The Morgan fingerprint density at radius 1 is 1.53 bits per heavy atom. The number of carbonyl (C=O) groups excluding carboxylic acids is 1. The third-order valence-corrected chi connectivity index (χ3v) is 1.94. The summed E-state index contributed by atoms with van der Waals surface area (Å²) in [4.78, 5) is 10.9. The molecule has 0 fully saturated rings. The van der Waals surface area contributed by atoms with Crippen molar-refractivity contribution >= 4 is 30.2 Å². The van der Waals surface area contributed by atoms with Crippen molar-refractivity contribution in [2.75, 3.05) is 0 Å². The molecule has 0 unspecified atom stereocenters. The van der Waals surface area contributed by atoms with Gasteiger partial charge in [0.15, 0.2) is 0 Å². The van der Waals surface area contributed by atoms with E-state index in [1.54, 1.807) is 0 Å². The lowest BCUT2D eigenvalue weighted by Crippen LogP contribution is -2.29. The zero-order chi connectivity index (χ0) is 11.4. The van der Waals surface area contributed by atoms with E-state index in [1.165, 1.54) is 18.2 Å². The molecule has 6 heteroatoms. The molecular formula is C9H8BClO4. The van der Waals surface area contributed by atoms with Gasteiger partial charge in [-0.05, 0) is 17.6 Å². The van der Waals surface area contributed by atoms with Crippen molar-refractivity contribution < 1.29 is 19.6 Å². The highest BCUT2D eigenvalue weighted by Crippen LogP contribution is 2.22. The lowest BCUT2D eigenvalue weighted by Gasteiger charge is -2.06. The first-order valence-corrected chi connectivity index (χ1v) is 4.42. The fourth-order valence-corrected chi connectivity index (χ4v) is 1.06. The van der Waals surface area contributed by atoms with Crippen LogP contribution in [0.15, 0.2) is 30.9 Å². The fraction of sp³-hybridized carbons (Fsp3) is 0. The van der Waals surface area contributed by atoms with E-state index in [-0.39, 0.29) is 16.2 Å². The molecule has 0 aliphatic heterocycles. The van der Waals surface area contributed by atoms with Gasteiger partial charge in [-0.3, -0.25) is 0 Å². The lowest BCUT2D eigenvalue weighted by atomic mass is 9.80. The summed E-state index contributed by atoms with van der Waals surface area (Å²) in [6.45, 7) is 3.23. The second-order valence-electron chi connectivity index (χ2n) is 2.69. The summed E-state index contributed by atoms with van der Waals surface area (Å²) in [5, 5.41) is 18.0. The van der Waals surface area contributed by atoms with Gasteiger partial charge in [0.2, 0.25) is 0 Å². The van der Waals surface area contributed by atoms with Crippen LogP contribution in [0.1, 0.15) is 0 Å². The summed E-state index contributed by atoms with van der Waals surface area (Å²) in [5.41, 5.74) is 0.186. The fourth-order valence-electron chi connectivity index (χ4n) is 0.909. The van der Waals surface area contributed by atoms with Crippen LogP contribution in [0, 0.1) is 0 Å². The number of carbonyl (C=O) groups is 1. The highest BCUT2D eigenvalue weighted by molar-refractivity contribution is 6.58. The van der Waals surface area contributed by atoms with E-state index in [2.05, 4.69) is 6.58 Å². The monoisotopic (exact) mass is 226 g/mol. The summed E-state index contributed by atoms with van der Waals surface area (Å²) in [6, 6.07) is 4.09. The molecule has 2 N–H and O–H groups in total. The Kier molecular flexibility index (Phi) is 3.91. The maximum Gasteiger partial charge on any atom is 0.488 e. The summed E-state index contributed by atoms with van der Waals surface area (Å²) in [7, 11) is -1.64. The Labute approximate surface area is 91.9 Å². The summed E-state index contributed by atoms with van der Waals surface area (Å²) in [5.74, 6) is -0.603. The molecule has 4 nitrogen and oxygen atoms in total. The molecule has 0 saturated carbocycles. The van der Waals surface area contributed by atoms with Gasteiger partial charge in [0.25, 0.3) is 0 Å². The van der Waals surface area contributed by atoms with E-state index in [9.17, 15) is 4.79 Å². The van der Waals surface area contributed by atoms with Crippen LogP contribution in [-0.2, 0) is 4.79 Å². The molecular weight excluding hydrogens is 218 g/mol. The summed E-state index contributed by atoms with van der Waals surface area (Å²) in [6.07, 6.45) is 0.985. The first-order chi connectivity index (χ1) is 7.04. The standard InChI is InChI=1S/C9H8BClO4/c1-2-9(12)15-8-5-6(10(13)14)3-4-7(8)11/h2-5,13-14H,1H2. The first-order valence-electron chi connectivity index (χ1n) is 4.04. The molecule has 1 aromatic rings. The first kappa shape index (κ1) is 11.8. The maximum atomic E-state index is 10.9. The van der Waals surface area contributed by atoms with Crippen LogP contribution in [-0.4, -0.2) is 23.1 Å². The van der Waals surface area contributed by atoms with Crippen molar-refractivity contribution in [1.82, 2.24) is 0 Å². The van der Waals surface area contributed by atoms with Gasteiger partial charge in [-0.1, -0.05) is 24.2 Å². The second-order valence-corrected chi connectivity index (χ2v) is 3.10. The predicted octanol–water partition coefficient (Wildman–Crippen LogP) is 0.111. The number of halogens is 1. The van der Waals surface area contributed by atoms with Crippen LogP contribution in [0.25, 0.3) is 0 Å². The van der Waals surface area contributed by atoms with Crippen molar-refractivity contribution in [3.05, 3.63) is 35.9 Å². The molecule has 0 heterocycles. The van der Waals surface area contributed by atoms with Crippen LogP contribution in [0.3, 0.4) is 0 Å². The number of esters is 1. The van der Waals surface area contributed by atoms with E-state index in [0.717, 1.165) is 6.08 Å². The molecule has 0 aliphatic carbocycles. The van der Waals surface area contributed by atoms with Crippen molar-refractivity contribution in [1.29, 1.82) is 0 Å². The minimum atomic E-state index is -1.64. The van der Waals surface area contributed by atoms with Gasteiger partial charge >= 0.3 is 13.1 Å². The molecule has 15 heavy (non-hydrogen) atoms. The molecule has 0 bridgehead atoms.